The molecule has 0 saturated carbocycles. The van der Waals surface area contributed by atoms with Crippen molar-refractivity contribution in [3.63, 3.8) is 0 Å². The molecule has 2 atom stereocenters. The Morgan fingerprint density at radius 2 is 1.33 bits per heavy atom. The summed E-state index contributed by atoms with van der Waals surface area (Å²) in [6.07, 6.45) is 6.01. The van der Waals surface area contributed by atoms with Crippen molar-refractivity contribution in [2.75, 3.05) is 0 Å². The van der Waals surface area contributed by atoms with E-state index in [9.17, 15) is 0 Å². The molecule has 0 aliphatic rings. The molecular weight excluding hydrogens is 234 g/mol. The zero-order valence-corrected chi connectivity index (χ0v) is 11.1. The minimum Gasteiger partial charge on any atom is -0.397 e. The van der Waals surface area contributed by atoms with Gasteiger partial charge < -0.3 is 9.31 Å². The molecule has 0 heterocycles. The van der Waals surface area contributed by atoms with E-state index in [1.165, 1.54) is 7.69 Å². The Kier molecular flexibility index (Phi) is 11.5. The van der Waals surface area contributed by atoms with Crippen LogP contribution < -0.4 is 0 Å². The summed E-state index contributed by atoms with van der Waals surface area (Å²) in [5.74, 6) is 0. The Morgan fingerprint density at radius 1 is 0.933 bits per heavy atom. The molecule has 0 spiro atoms. The Morgan fingerprint density at radius 3 is 1.67 bits per heavy atom. The van der Waals surface area contributed by atoms with Gasteiger partial charge in [0, 0.05) is 0 Å². The predicted molar refractivity (Wildman–Crippen MR) is 66.3 cm³/mol. The zero-order chi connectivity index (χ0) is 11.5. The van der Waals surface area contributed by atoms with Gasteiger partial charge in [-0.3, -0.25) is 0 Å². The van der Waals surface area contributed by atoms with E-state index in [1.807, 2.05) is 0 Å². The highest BCUT2D eigenvalue weighted by Gasteiger charge is 2.09. The van der Waals surface area contributed by atoms with E-state index in [0.717, 1.165) is 38.5 Å². The third-order valence-corrected chi connectivity index (χ3v) is 2.62. The summed E-state index contributed by atoms with van der Waals surface area (Å²) in [4.78, 5) is 0. The molecule has 2 nitrogen and oxygen atoms in total. The largest absolute Gasteiger partial charge is 0.490 e. The SMILES string of the molecule is CCCCC(Cl)O[B]OC(Cl)CCCC. The summed E-state index contributed by atoms with van der Waals surface area (Å²) in [5.41, 5.74) is -0.611. The summed E-state index contributed by atoms with van der Waals surface area (Å²) < 4.78 is 10.3. The van der Waals surface area contributed by atoms with Crippen LogP contribution in [0.3, 0.4) is 0 Å². The molecule has 1 radical (unpaired) electrons. The minimum absolute atomic E-state index is 0.306. The van der Waals surface area contributed by atoms with Crippen molar-refractivity contribution >= 4 is 30.9 Å². The van der Waals surface area contributed by atoms with Gasteiger partial charge in [0.25, 0.3) is 0 Å². The van der Waals surface area contributed by atoms with Crippen LogP contribution in [0.15, 0.2) is 0 Å². The zero-order valence-electron chi connectivity index (χ0n) is 9.55. The molecule has 0 aromatic carbocycles. The van der Waals surface area contributed by atoms with Crippen LogP contribution in [0.4, 0.5) is 0 Å². The lowest BCUT2D eigenvalue weighted by molar-refractivity contribution is 0.177. The van der Waals surface area contributed by atoms with Crippen molar-refractivity contribution in [2.24, 2.45) is 0 Å². The van der Waals surface area contributed by atoms with Crippen molar-refractivity contribution in [2.45, 2.75) is 63.5 Å². The summed E-state index contributed by atoms with van der Waals surface area (Å²) in [7, 11) is 1.26. The van der Waals surface area contributed by atoms with E-state index in [-0.39, 0.29) is 11.1 Å². The first-order chi connectivity index (χ1) is 7.20. The van der Waals surface area contributed by atoms with Crippen LogP contribution in [-0.2, 0) is 9.31 Å². The molecule has 89 valence electrons. The molecule has 2 unspecified atom stereocenters. The van der Waals surface area contributed by atoms with Crippen LogP contribution in [0.2, 0.25) is 0 Å². The maximum absolute atomic E-state index is 5.87. The highest BCUT2D eigenvalue weighted by molar-refractivity contribution is 6.27. The van der Waals surface area contributed by atoms with Gasteiger partial charge in [-0.2, -0.15) is 0 Å². The fraction of sp³-hybridized carbons (Fsp3) is 1.00. The van der Waals surface area contributed by atoms with E-state index in [2.05, 4.69) is 13.8 Å². The number of rotatable bonds is 10. The molecular formula is C10H20BCl2O2. The van der Waals surface area contributed by atoms with Crippen LogP contribution >= 0.6 is 23.2 Å². The lowest BCUT2D eigenvalue weighted by Gasteiger charge is -2.12. The number of alkyl halides is 2. The van der Waals surface area contributed by atoms with E-state index >= 15 is 0 Å². The second-order valence-corrected chi connectivity index (χ2v) is 4.45. The molecule has 0 aliphatic heterocycles. The summed E-state index contributed by atoms with van der Waals surface area (Å²) in [5, 5.41) is 0. The lowest BCUT2D eigenvalue weighted by atomic mass is 10.2. The first-order valence-electron chi connectivity index (χ1n) is 5.61. The van der Waals surface area contributed by atoms with Gasteiger partial charge in [-0.05, 0) is 25.7 Å². The van der Waals surface area contributed by atoms with Gasteiger partial charge in [0.2, 0.25) is 0 Å². The first kappa shape index (κ1) is 15.6. The highest BCUT2D eigenvalue weighted by Crippen LogP contribution is 2.11. The Balaban J connectivity index is 3.27. The normalized spacial score (nSPS) is 14.9. The van der Waals surface area contributed by atoms with Crippen molar-refractivity contribution in [1.29, 1.82) is 0 Å². The summed E-state index contributed by atoms with van der Waals surface area (Å²) in [6.45, 7) is 4.23. The third-order valence-electron chi connectivity index (χ3n) is 1.98. The smallest absolute Gasteiger partial charge is 0.397 e. The standard InChI is InChI=1S/C10H20BCl2O2/c1-3-5-7-9(12)14-11-15-10(13)8-6-4-2/h9-10H,3-8H2,1-2H3. The molecule has 0 fully saturated rings. The Labute approximate surface area is 104 Å². The average Bonchev–Trinajstić information content (AvgIpc) is 2.23. The van der Waals surface area contributed by atoms with E-state index < -0.39 is 0 Å². The number of hydrogen-bond donors (Lipinski definition) is 0. The van der Waals surface area contributed by atoms with Crippen LogP contribution in [0, 0.1) is 0 Å². The maximum atomic E-state index is 5.87. The molecule has 0 saturated heterocycles. The van der Waals surface area contributed by atoms with Crippen molar-refractivity contribution in [3.05, 3.63) is 0 Å². The van der Waals surface area contributed by atoms with Gasteiger partial charge in [-0.15, -0.1) is 0 Å². The topological polar surface area (TPSA) is 18.5 Å². The first-order valence-corrected chi connectivity index (χ1v) is 6.48. The van der Waals surface area contributed by atoms with Crippen molar-refractivity contribution in [3.8, 4) is 0 Å². The highest BCUT2D eigenvalue weighted by atomic mass is 35.5. The lowest BCUT2D eigenvalue weighted by Crippen LogP contribution is -2.16. The molecule has 0 amide bonds. The van der Waals surface area contributed by atoms with Gasteiger partial charge in [-0.1, -0.05) is 49.9 Å². The molecule has 0 N–H and O–H groups in total. The van der Waals surface area contributed by atoms with Gasteiger partial charge in [-0.25, -0.2) is 0 Å². The van der Waals surface area contributed by atoms with Gasteiger partial charge >= 0.3 is 7.69 Å². The van der Waals surface area contributed by atoms with Crippen LogP contribution in [0.25, 0.3) is 0 Å². The molecule has 5 heteroatoms. The third kappa shape index (κ3) is 10.8. The number of unbranched alkanes of at least 4 members (excludes halogenated alkanes) is 2. The van der Waals surface area contributed by atoms with Gasteiger partial charge in [0.15, 0.2) is 0 Å². The fourth-order valence-corrected chi connectivity index (χ4v) is 1.41. The minimum atomic E-state index is -0.306. The van der Waals surface area contributed by atoms with Crippen molar-refractivity contribution < 1.29 is 9.31 Å². The average molecular weight is 254 g/mol. The van der Waals surface area contributed by atoms with E-state index in [4.69, 9.17) is 32.5 Å². The molecule has 0 aliphatic carbocycles. The fourth-order valence-electron chi connectivity index (χ4n) is 1.02. The second-order valence-electron chi connectivity index (χ2n) is 3.47. The monoisotopic (exact) mass is 253 g/mol. The predicted octanol–water partition coefficient (Wildman–Crippen LogP) is 4.06. The van der Waals surface area contributed by atoms with Crippen LogP contribution in [0.5, 0.6) is 0 Å². The molecule has 0 aromatic rings. The van der Waals surface area contributed by atoms with Crippen LogP contribution in [0.1, 0.15) is 52.4 Å². The Hall–Kier alpha value is 0.565. The maximum Gasteiger partial charge on any atom is 0.490 e. The van der Waals surface area contributed by atoms with E-state index in [0.29, 0.717) is 0 Å². The van der Waals surface area contributed by atoms with Crippen LogP contribution in [-0.4, -0.2) is 18.8 Å². The molecule has 0 bridgehead atoms. The molecule has 15 heavy (non-hydrogen) atoms. The Bertz CT molecular complexity index is 125. The van der Waals surface area contributed by atoms with Gasteiger partial charge in [0.1, 0.15) is 11.1 Å². The molecule has 0 rings (SSSR count). The number of hydrogen-bond acceptors (Lipinski definition) is 2. The van der Waals surface area contributed by atoms with Gasteiger partial charge in [0.05, 0.1) is 0 Å². The summed E-state index contributed by atoms with van der Waals surface area (Å²) in [6, 6.07) is 0. The second kappa shape index (κ2) is 11.1. The van der Waals surface area contributed by atoms with E-state index in [1.54, 1.807) is 0 Å². The summed E-state index contributed by atoms with van der Waals surface area (Å²) >= 11 is 11.7. The quantitative estimate of drug-likeness (QED) is 0.432. The molecule has 0 aromatic heterocycles. The van der Waals surface area contributed by atoms with Crippen molar-refractivity contribution in [1.82, 2.24) is 0 Å². The number of halogens is 2.